The molecule has 0 unspecified atom stereocenters. The molecule has 0 radical (unpaired) electrons. The van der Waals surface area contributed by atoms with E-state index in [1.165, 1.54) is 4.68 Å². The molecule has 6 nitrogen and oxygen atoms in total. The van der Waals surface area contributed by atoms with Crippen LogP contribution in [0.5, 0.6) is 0 Å². The molecule has 4 rings (SSSR count). The minimum atomic E-state index is -0.113. The molecule has 0 saturated carbocycles. The van der Waals surface area contributed by atoms with E-state index in [1.807, 2.05) is 48.0 Å². The van der Waals surface area contributed by atoms with Crippen LogP contribution in [0.15, 0.2) is 52.4 Å². The highest BCUT2D eigenvalue weighted by molar-refractivity contribution is 7.98. The monoisotopic (exact) mass is 445 g/mol. The Morgan fingerprint density at radius 3 is 2.55 bits per heavy atom. The van der Waals surface area contributed by atoms with E-state index in [0.29, 0.717) is 27.6 Å². The third-order valence-corrected chi connectivity index (χ3v) is 6.31. The third kappa shape index (κ3) is 4.03. The first-order chi connectivity index (χ1) is 13.9. The van der Waals surface area contributed by atoms with Crippen molar-refractivity contribution in [3.8, 4) is 0 Å². The van der Waals surface area contributed by atoms with Gasteiger partial charge in [-0.05, 0) is 23.8 Å². The number of rotatable bonds is 5. The molecular weight excluding hydrogens is 429 g/mol. The Morgan fingerprint density at radius 1 is 1.03 bits per heavy atom. The van der Waals surface area contributed by atoms with Crippen LogP contribution in [-0.2, 0) is 26.3 Å². The molecule has 2 aromatic carbocycles. The number of thioether (sulfide) groups is 1. The van der Waals surface area contributed by atoms with Crippen molar-refractivity contribution in [2.45, 2.75) is 17.3 Å². The first-order valence-electron chi connectivity index (χ1n) is 8.84. The Labute approximate surface area is 181 Å². The zero-order chi connectivity index (χ0) is 20.5. The molecular formula is C20H17Cl2N5OS. The maximum atomic E-state index is 12.3. The average Bonchev–Trinajstić information content (AvgIpc) is 3.05. The lowest BCUT2D eigenvalue weighted by Crippen LogP contribution is -2.21. The molecule has 148 valence electrons. The van der Waals surface area contributed by atoms with Crippen LogP contribution in [0.1, 0.15) is 17.1 Å². The van der Waals surface area contributed by atoms with Crippen LogP contribution in [0, 0.1) is 0 Å². The number of nitrogens with zero attached hydrogens (tertiary/aromatic N) is 5. The average molecular weight is 446 g/mol. The third-order valence-electron chi connectivity index (χ3n) is 4.66. The Morgan fingerprint density at radius 2 is 1.79 bits per heavy atom. The van der Waals surface area contributed by atoms with Crippen LogP contribution in [0.25, 0.3) is 10.8 Å². The van der Waals surface area contributed by atoms with E-state index in [0.717, 1.165) is 27.6 Å². The van der Waals surface area contributed by atoms with Gasteiger partial charge in [-0.3, -0.25) is 4.79 Å². The smallest absolute Gasteiger partial charge is 0.274 e. The minimum Gasteiger partial charge on any atom is -0.309 e. The summed E-state index contributed by atoms with van der Waals surface area (Å²) in [5, 5.41) is 16.6. The van der Waals surface area contributed by atoms with Crippen molar-refractivity contribution >= 4 is 45.7 Å². The minimum absolute atomic E-state index is 0.113. The second-order valence-electron chi connectivity index (χ2n) is 6.58. The molecule has 0 aliphatic rings. The van der Waals surface area contributed by atoms with Crippen LogP contribution in [0.3, 0.4) is 0 Å². The summed E-state index contributed by atoms with van der Waals surface area (Å²) in [6.07, 6.45) is 0.473. The van der Waals surface area contributed by atoms with Crippen molar-refractivity contribution in [1.29, 1.82) is 0 Å². The summed E-state index contributed by atoms with van der Waals surface area (Å²) in [5.41, 5.74) is 1.66. The van der Waals surface area contributed by atoms with Crippen molar-refractivity contribution in [3.63, 3.8) is 0 Å². The van der Waals surface area contributed by atoms with Crippen molar-refractivity contribution in [1.82, 2.24) is 24.5 Å². The van der Waals surface area contributed by atoms with E-state index >= 15 is 0 Å². The summed E-state index contributed by atoms with van der Waals surface area (Å²) >= 11 is 13.8. The lowest BCUT2D eigenvalue weighted by atomic mass is 10.1. The number of aromatic nitrogens is 5. The van der Waals surface area contributed by atoms with E-state index < -0.39 is 0 Å². The summed E-state index contributed by atoms with van der Waals surface area (Å²) in [4.78, 5) is 12.3. The zero-order valence-corrected chi connectivity index (χ0v) is 18.1. The summed E-state index contributed by atoms with van der Waals surface area (Å²) in [6.45, 7) is 0. The number of halogens is 2. The van der Waals surface area contributed by atoms with Gasteiger partial charge in [0.25, 0.3) is 5.56 Å². The maximum absolute atomic E-state index is 12.3. The predicted octanol–water partition coefficient (Wildman–Crippen LogP) is 4.25. The number of aryl methyl sites for hydroxylation is 1. The second kappa shape index (κ2) is 8.18. The van der Waals surface area contributed by atoms with Crippen LogP contribution in [-0.4, -0.2) is 24.5 Å². The van der Waals surface area contributed by atoms with Gasteiger partial charge >= 0.3 is 0 Å². The Bertz CT molecular complexity index is 1270. The van der Waals surface area contributed by atoms with E-state index in [1.54, 1.807) is 24.9 Å². The Balaban J connectivity index is 1.59. The molecule has 0 saturated heterocycles. The van der Waals surface area contributed by atoms with Gasteiger partial charge < -0.3 is 4.57 Å². The number of benzene rings is 2. The molecule has 2 heterocycles. The summed E-state index contributed by atoms with van der Waals surface area (Å²) in [5.74, 6) is 1.43. The molecule has 0 aliphatic carbocycles. The molecule has 29 heavy (non-hydrogen) atoms. The van der Waals surface area contributed by atoms with Gasteiger partial charge in [-0.25, -0.2) is 4.68 Å². The molecule has 9 heteroatoms. The van der Waals surface area contributed by atoms with E-state index in [2.05, 4.69) is 15.3 Å². The second-order valence-corrected chi connectivity index (χ2v) is 8.37. The van der Waals surface area contributed by atoms with Crippen molar-refractivity contribution in [2.24, 2.45) is 14.1 Å². The van der Waals surface area contributed by atoms with Crippen LogP contribution >= 0.6 is 35.0 Å². The normalized spacial score (nSPS) is 11.3. The van der Waals surface area contributed by atoms with Gasteiger partial charge in [0.2, 0.25) is 0 Å². The van der Waals surface area contributed by atoms with Crippen molar-refractivity contribution < 1.29 is 0 Å². The van der Waals surface area contributed by atoms with Crippen LogP contribution in [0.4, 0.5) is 0 Å². The lowest BCUT2D eigenvalue weighted by molar-refractivity contribution is 0.682. The fourth-order valence-electron chi connectivity index (χ4n) is 3.06. The first kappa shape index (κ1) is 19.9. The topological polar surface area (TPSA) is 65.6 Å². The Kier molecular flexibility index (Phi) is 5.63. The maximum Gasteiger partial charge on any atom is 0.274 e. The van der Waals surface area contributed by atoms with E-state index in [4.69, 9.17) is 23.2 Å². The fourth-order valence-corrected chi connectivity index (χ4v) is 4.55. The summed E-state index contributed by atoms with van der Waals surface area (Å²) < 4.78 is 3.31. The molecule has 4 aromatic rings. The Hall–Kier alpha value is -2.35. The van der Waals surface area contributed by atoms with E-state index in [-0.39, 0.29) is 5.56 Å². The standard InChI is InChI=1S/C20H17Cl2N5OS/c1-26-18(10-17-14-5-3-4-6-15(14)19(28)27(2)25-17)23-24-20(26)29-11-12-7-8-13(21)9-16(12)22/h3-9H,10-11H2,1-2H3. The zero-order valence-electron chi connectivity index (χ0n) is 15.8. The van der Waals surface area contributed by atoms with Gasteiger partial charge in [0, 0.05) is 35.3 Å². The lowest BCUT2D eigenvalue weighted by Gasteiger charge is -2.08. The first-order valence-corrected chi connectivity index (χ1v) is 10.6. The van der Waals surface area contributed by atoms with Gasteiger partial charge in [-0.1, -0.05) is 59.2 Å². The van der Waals surface area contributed by atoms with Crippen LogP contribution < -0.4 is 5.56 Å². The number of hydrogen-bond donors (Lipinski definition) is 0. The molecule has 0 spiro atoms. The molecule has 0 N–H and O–H groups in total. The van der Waals surface area contributed by atoms with Crippen molar-refractivity contribution in [2.75, 3.05) is 0 Å². The van der Waals surface area contributed by atoms with Crippen molar-refractivity contribution in [3.05, 3.63) is 79.9 Å². The number of fused-ring (bicyclic) bond motifs is 1. The number of hydrogen-bond acceptors (Lipinski definition) is 5. The SMILES string of the molecule is Cn1c(Cc2nn(C)c(=O)c3ccccc23)nnc1SCc1ccc(Cl)cc1Cl. The summed E-state index contributed by atoms with van der Waals surface area (Å²) in [7, 11) is 3.58. The van der Waals surface area contributed by atoms with Crippen LogP contribution in [0.2, 0.25) is 10.0 Å². The largest absolute Gasteiger partial charge is 0.309 e. The highest BCUT2D eigenvalue weighted by Crippen LogP contribution is 2.28. The predicted molar refractivity (Wildman–Crippen MR) is 117 cm³/mol. The van der Waals surface area contributed by atoms with Gasteiger partial charge in [-0.15, -0.1) is 10.2 Å². The molecule has 0 atom stereocenters. The molecule has 2 aromatic heterocycles. The molecule has 0 amide bonds. The quantitative estimate of drug-likeness (QED) is 0.429. The fraction of sp³-hybridized carbons (Fsp3) is 0.200. The van der Waals surface area contributed by atoms with E-state index in [9.17, 15) is 4.79 Å². The van der Waals surface area contributed by atoms with Gasteiger partial charge in [0.15, 0.2) is 5.16 Å². The molecule has 0 bridgehead atoms. The summed E-state index contributed by atoms with van der Waals surface area (Å²) in [6, 6.07) is 13.0. The van der Waals surface area contributed by atoms with Gasteiger partial charge in [0.05, 0.1) is 17.5 Å². The van der Waals surface area contributed by atoms with Gasteiger partial charge in [-0.2, -0.15) is 5.10 Å². The van der Waals surface area contributed by atoms with Gasteiger partial charge in [0.1, 0.15) is 5.82 Å². The molecule has 0 fully saturated rings. The highest BCUT2D eigenvalue weighted by Gasteiger charge is 2.15. The molecule has 0 aliphatic heterocycles. The highest BCUT2D eigenvalue weighted by atomic mass is 35.5.